The van der Waals surface area contributed by atoms with Crippen LogP contribution in [0, 0.1) is 0 Å². The van der Waals surface area contributed by atoms with Crippen LogP contribution in [0.1, 0.15) is 0 Å². The van der Waals surface area contributed by atoms with Gasteiger partial charge in [-0.05, 0) is 24.3 Å². The van der Waals surface area contributed by atoms with E-state index >= 15 is 0 Å². The molecule has 0 fully saturated rings. The van der Waals surface area contributed by atoms with Crippen LogP contribution in [0.15, 0.2) is 46.2 Å². The lowest BCUT2D eigenvalue weighted by atomic mass is 10.2. The lowest BCUT2D eigenvalue weighted by Crippen LogP contribution is -2.13. The smallest absolute Gasteiger partial charge is 0.0801 e. The SMILES string of the molecule is CN(C)c1c(Cl)ccc2c1Nc1ccccc1S2. The van der Waals surface area contributed by atoms with E-state index in [1.165, 1.54) is 9.79 Å². The van der Waals surface area contributed by atoms with Crippen LogP contribution in [0.25, 0.3) is 0 Å². The van der Waals surface area contributed by atoms with Gasteiger partial charge in [0, 0.05) is 23.9 Å². The number of hydrogen-bond donors (Lipinski definition) is 1. The molecule has 0 aliphatic carbocycles. The summed E-state index contributed by atoms with van der Waals surface area (Å²) in [6.45, 7) is 0. The van der Waals surface area contributed by atoms with E-state index in [2.05, 4.69) is 29.6 Å². The Labute approximate surface area is 116 Å². The van der Waals surface area contributed by atoms with Gasteiger partial charge in [-0.25, -0.2) is 0 Å². The van der Waals surface area contributed by atoms with Crippen LogP contribution < -0.4 is 10.2 Å². The van der Waals surface area contributed by atoms with E-state index in [4.69, 9.17) is 11.6 Å². The molecule has 0 aromatic heterocycles. The summed E-state index contributed by atoms with van der Waals surface area (Å²) in [5.41, 5.74) is 3.27. The Bertz CT molecular complexity index is 611. The van der Waals surface area contributed by atoms with E-state index in [1.54, 1.807) is 11.8 Å². The minimum Gasteiger partial charge on any atom is -0.375 e. The number of nitrogens with zero attached hydrogens (tertiary/aromatic N) is 1. The van der Waals surface area contributed by atoms with Crippen LogP contribution in [-0.2, 0) is 0 Å². The number of fused-ring (bicyclic) bond motifs is 2. The topological polar surface area (TPSA) is 15.3 Å². The molecular weight excluding hydrogens is 264 g/mol. The zero-order valence-corrected chi connectivity index (χ0v) is 11.8. The minimum absolute atomic E-state index is 0.770. The number of halogens is 1. The molecule has 2 nitrogen and oxygen atoms in total. The molecule has 2 aromatic carbocycles. The molecule has 18 heavy (non-hydrogen) atoms. The summed E-state index contributed by atoms with van der Waals surface area (Å²) in [6.07, 6.45) is 0. The van der Waals surface area contributed by atoms with Gasteiger partial charge in [0.15, 0.2) is 0 Å². The summed E-state index contributed by atoms with van der Waals surface area (Å²) < 4.78 is 0. The number of rotatable bonds is 1. The fourth-order valence-electron chi connectivity index (χ4n) is 2.10. The van der Waals surface area contributed by atoms with E-state index < -0.39 is 0 Å². The Morgan fingerprint density at radius 1 is 1.06 bits per heavy atom. The van der Waals surface area contributed by atoms with Gasteiger partial charge in [-0.3, -0.25) is 0 Å². The molecule has 0 bridgehead atoms. The Balaban J connectivity index is 2.16. The predicted molar refractivity (Wildman–Crippen MR) is 79.6 cm³/mol. The van der Waals surface area contributed by atoms with Gasteiger partial charge < -0.3 is 10.2 Å². The van der Waals surface area contributed by atoms with Gasteiger partial charge in [0.2, 0.25) is 0 Å². The first-order chi connectivity index (χ1) is 8.66. The summed E-state index contributed by atoms with van der Waals surface area (Å²) in [5.74, 6) is 0. The Morgan fingerprint density at radius 2 is 1.83 bits per heavy atom. The van der Waals surface area contributed by atoms with Crippen LogP contribution in [0.4, 0.5) is 17.1 Å². The van der Waals surface area contributed by atoms with E-state index in [9.17, 15) is 0 Å². The second-order valence-electron chi connectivity index (χ2n) is 4.39. The van der Waals surface area contributed by atoms with E-state index in [1.807, 2.05) is 31.1 Å². The van der Waals surface area contributed by atoms with Gasteiger partial charge in [0.1, 0.15) is 0 Å². The minimum atomic E-state index is 0.770. The third-order valence-corrected chi connectivity index (χ3v) is 4.35. The zero-order chi connectivity index (χ0) is 12.7. The van der Waals surface area contributed by atoms with Crippen molar-refractivity contribution in [3.05, 3.63) is 41.4 Å². The lowest BCUT2D eigenvalue weighted by Gasteiger charge is -2.26. The molecule has 0 atom stereocenters. The van der Waals surface area contributed by atoms with E-state index in [-0.39, 0.29) is 0 Å². The van der Waals surface area contributed by atoms with Gasteiger partial charge in [0.25, 0.3) is 0 Å². The molecule has 1 N–H and O–H groups in total. The zero-order valence-electron chi connectivity index (χ0n) is 10.2. The van der Waals surface area contributed by atoms with Crippen molar-refractivity contribution in [3.8, 4) is 0 Å². The van der Waals surface area contributed by atoms with E-state index in [0.29, 0.717) is 0 Å². The Kier molecular flexibility index (Phi) is 2.88. The summed E-state index contributed by atoms with van der Waals surface area (Å²) in [5, 5.41) is 4.25. The van der Waals surface area contributed by atoms with E-state index in [0.717, 1.165) is 22.1 Å². The number of hydrogen-bond acceptors (Lipinski definition) is 3. The van der Waals surface area contributed by atoms with Gasteiger partial charge in [-0.15, -0.1) is 0 Å². The molecule has 1 aliphatic rings. The molecule has 1 heterocycles. The summed E-state index contributed by atoms with van der Waals surface area (Å²) >= 11 is 8.07. The summed E-state index contributed by atoms with van der Waals surface area (Å²) in [6, 6.07) is 12.3. The van der Waals surface area contributed by atoms with Crippen LogP contribution in [0.5, 0.6) is 0 Å². The van der Waals surface area contributed by atoms with Crippen LogP contribution in [0.3, 0.4) is 0 Å². The first-order valence-corrected chi connectivity index (χ1v) is 6.90. The highest BCUT2D eigenvalue weighted by Crippen LogP contribution is 2.49. The van der Waals surface area contributed by atoms with Crippen molar-refractivity contribution >= 4 is 40.4 Å². The quantitative estimate of drug-likeness (QED) is 0.698. The van der Waals surface area contributed by atoms with Gasteiger partial charge in [-0.1, -0.05) is 35.5 Å². The highest BCUT2D eigenvalue weighted by Gasteiger charge is 2.20. The second kappa shape index (κ2) is 4.41. The maximum atomic E-state index is 6.29. The third-order valence-electron chi connectivity index (χ3n) is 2.90. The molecule has 0 radical (unpaired) electrons. The Morgan fingerprint density at radius 3 is 2.61 bits per heavy atom. The maximum Gasteiger partial charge on any atom is 0.0801 e. The second-order valence-corrected chi connectivity index (χ2v) is 5.88. The average Bonchev–Trinajstić information content (AvgIpc) is 2.36. The number of nitrogens with one attached hydrogen (secondary N) is 1. The van der Waals surface area contributed by atoms with Gasteiger partial charge in [0.05, 0.1) is 22.1 Å². The molecule has 0 spiro atoms. The number of anilines is 3. The Hall–Kier alpha value is -1.32. The van der Waals surface area contributed by atoms with Crippen molar-refractivity contribution in [2.45, 2.75) is 9.79 Å². The molecule has 0 unspecified atom stereocenters. The van der Waals surface area contributed by atoms with Gasteiger partial charge >= 0.3 is 0 Å². The van der Waals surface area contributed by atoms with Crippen LogP contribution in [0.2, 0.25) is 5.02 Å². The van der Waals surface area contributed by atoms with Crippen molar-refractivity contribution in [2.75, 3.05) is 24.3 Å². The monoisotopic (exact) mass is 276 g/mol. The predicted octanol–water partition coefficient (Wildman–Crippen LogP) is 4.61. The van der Waals surface area contributed by atoms with Crippen molar-refractivity contribution < 1.29 is 0 Å². The standard InChI is InChI=1S/C14H13ClN2S/c1-17(2)14-9(15)7-8-12-13(14)16-10-5-3-4-6-11(10)18-12/h3-8,16H,1-2H3. The van der Waals surface area contributed by atoms with Crippen LogP contribution in [-0.4, -0.2) is 14.1 Å². The maximum absolute atomic E-state index is 6.29. The van der Waals surface area contributed by atoms with Crippen molar-refractivity contribution in [3.63, 3.8) is 0 Å². The molecule has 2 aromatic rings. The summed E-state index contributed by atoms with van der Waals surface area (Å²) in [7, 11) is 4.02. The fourth-order valence-corrected chi connectivity index (χ4v) is 3.43. The third kappa shape index (κ3) is 1.84. The molecule has 0 saturated carbocycles. The molecule has 1 aliphatic heterocycles. The largest absolute Gasteiger partial charge is 0.375 e. The fraction of sp³-hybridized carbons (Fsp3) is 0.143. The summed E-state index contributed by atoms with van der Waals surface area (Å²) in [4.78, 5) is 4.50. The van der Waals surface area contributed by atoms with Crippen molar-refractivity contribution in [2.24, 2.45) is 0 Å². The first kappa shape index (κ1) is 11.8. The molecule has 92 valence electrons. The molecular formula is C14H13ClN2S. The highest BCUT2D eigenvalue weighted by atomic mass is 35.5. The van der Waals surface area contributed by atoms with Crippen molar-refractivity contribution in [1.82, 2.24) is 0 Å². The molecule has 0 amide bonds. The normalized spacial score (nSPS) is 12.4. The lowest BCUT2D eigenvalue weighted by molar-refractivity contribution is 1.12. The average molecular weight is 277 g/mol. The molecule has 4 heteroatoms. The first-order valence-electron chi connectivity index (χ1n) is 5.70. The molecule has 0 saturated heterocycles. The molecule has 3 rings (SSSR count). The van der Waals surface area contributed by atoms with Crippen LogP contribution >= 0.6 is 23.4 Å². The number of benzene rings is 2. The van der Waals surface area contributed by atoms with Crippen molar-refractivity contribution in [1.29, 1.82) is 0 Å². The van der Waals surface area contributed by atoms with Gasteiger partial charge in [-0.2, -0.15) is 0 Å². The highest BCUT2D eigenvalue weighted by molar-refractivity contribution is 7.99. The number of para-hydroxylation sites is 1.